The minimum Gasteiger partial charge on any atom is -0.383 e. The minimum atomic E-state index is -0.102. The van der Waals surface area contributed by atoms with Crippen LogP contribution in [0.15, 0.2) is 96.2 Å². The SMILES string of the molecule is CN(Cc1ccc(-n2c(-c3cccnc3N)nc3ccc(-c4ccccc4)nc32)cc1)C1CCCCC1.O=c1[nH]cns1. The van der Waals surface area contributed by atoms with Crippen molar-refractivity contribution < 1.29 is 0 Å². The molecule has 7 rings (SSSR count). The van der Waals surface area contributed by atoms with Gasteiger partial charge >= 0.3 is 4.87 Å². The Bertz CT molecular complexity index is 1820. The number of nitrogens with one attached hydrogen (secondary N) is 1. The van der Waals surface area contributed by atoms with Gasteiger partial charge in [0.15, 0.2) is 11.5 Å². The number of nitrogens with zero attached hydrogens (tertiary/aromatic N) is 6. The topological polar surface area (TPSA) is 119 Å². The summed E-state index contributed by atoms with van der Waals surface area (Å²) in [7, 11) is 2.26. The molecule has 10 heteroatoms. The second kappa shape index (κ2) is 13.1. The van der Waals surface area contributed by atoms with Crippen molar-refractivity contribution >= 4 is 28.5 Å². The summed E-state index contributed by atoms with van der Waals surface area (Å²) in [6.07, 6.45) is 9.76. The van der Waals surface area contributed by atoms with Gasteiger partial charge in [0, 0.05) is 41.6 Å². The van der Waals surface area contributed by atoms with Gasteiger partial charge in [-0.1, -0.05) is 61.7 Å². The standard InChI is InChI=1S/C31H32N6.C2H2N2OS/c1-36(24-11-6-3-7-12-24)21-22-14-16-25(17-15-22)37-30(26-13-8-20-33-29(26)32)35-28-19-18-27(34-31(28)37)23-9-4-2-5-10-23;5-2-3-1-4-6-2/h2,4-5,8-10,13-20,24H,3,6-7,11-12,21H2,1H3,(H2,32,33);1H,(H,3,4,5). The number of aromatic amines is 1. The van der Waals surface area contributed by atoms with Gasteiger partial charge in [0.05, 0.1) is 11.3 Å². The summed E-state index contributed by atoms with van der Waals surface area (Å²) < 4.78 is 5.60. The third-order valence-corrected chi connectivity index (χ3v) is 8.34. The second-order valence-corrected chi connectivity index (χ2v) is 11.5. The van der Waals surface area contributed by atoms with Crippen LogP contribution in [0.2, 0.25) is 0 Å². The molecule has 0 amide bonds. The molecule has 0 unspecified atom stereocenters. The van der Waals surface area contributed by atoms with Crippen molar-refractivity contribution in [2.24, 2.45) is 0 Å². The minimum absolute atomic E-state index is 0.102. The molecule has 1 aliphatic carbocycles. The summed E-state index contributed by atoms with van der Waals surface area (Å²) in [6.45, 7) is 0.953. The lowest BCUT2D eigenvalue weighted by Gasteiger charge is -2.31. The maximum atomic E-state index is 9.97. The van der Waals surface area contributed by atoms with Crippen LogP contribution in [0, 0.1) is 0 Å². The van der Waals surface area contributed by atoms with Gasteiger partial charge in [0.2, 0.25) is 0 Å². The Balaban J connectivity index is 0.000000491. The van der Waals surface area contributed by atoms with Crippen molar-refractivity contribution in [2.45, 2.75) is 44.7 Å². The van der Waals surface area contributed by atoms with Crippen molar-refractivity contribution in [3.8, 4) is 28.3 Å². The van der Waals surface area contributed by atoms with Crippen molar-refractivity contribution in [2.75, 3.05) is 12.8 Å². The third-order valence-electron chi connectivity index (χ3n) is 7.85. The molecule has 2 aromatic carbocycles. The molecule has 0 aliphatic heterocycles. The fourth-order valence-corrected chi connectivity index (χ4v) is 5.93. The van der Waals surface area contributed by atoms with E-state index in [1.54, 1.807) is 6.20 Å². The van der Waals surface area contributed by atoms with Gasteiger partial charge < -0.3 is 10.7 Å². The Hall–Kier alpha value is -4.67. The fourth-order valence-electron chi connectivity index (χ4n) is 5.63. The first-order valence-corrected chi connectivity index (χ1v) is 15.3. The Kier molecular flexibility index (Phi) is 8.67. The van der Waals surface area contributed by atoms with E-state index in [-0.39, 0.29) is 4.87 Å². The Morgan fingerprint density at radius 2 is 1.74 bits per heavy atom. The molecule has 0 radical (unpaired) electrons. The number of nitrogens with two attached hydrogens (primary N) is 1. The zero-order valence-electron chi connectivity index (χ0n) is 24.1. The number of hydrogen-bond acceptors (Lipinski definition) is 8. The molecule has 43 heavy (non-hydrogen) atoms. The molecule has 9 nitrogen and oxygen atoms in total. The number of aromatic nitrogens is 6. The van der Waals surface area contributed by atoms with E-state index in [0.29, 0.717) is 11.9 Å². The highest BCUT2D eigenvalue weighted by molar-refractivity contribution is 7.02. The molecule has 218 valence electrons. The zero-order valence-corrected chi connectivity index (χ0v) is 24.9. The van der Waals surface area contributed by atoms with E-state index in [2.05, 4.69) is 67.3 Å². The van der Waals surface area contributed by atoms with Gasteiger partial charge in [-0.3, -0.25) is 14.3 Å². The van der Waals surface area contributed by atoms with Crippen LogP contribution >= 0.6 is 11.5 Å². The first-order chi connectivity index (χ1) is 21.1. The predicted octanol–water partition coefficient (Wildman–Crippen LogP) is 6.33. The van der Waals surface area contributed by atoms with Crippen molar-refractivity contribution in [1.82, 2.24) is 33.8 Å². The smallest absolute Gasteiger partial charge is 0.323 e. The highest BCUT2D eigenvalue weighted by atomic mass is 32.1. The number of H-pyrrole nitrogens is 1. The third kappa shape index (κ3) is 6.55. The molecule has 0 saturated heterocycles. The molecule has 0 bridgehead atoms. The lowest BCUT2D eigenvalue weighted by Crippen LogP contribution is -2.32. The molecule has 0 atom stereocenters. The molecule has 3 N–H and O–H groups in total. The van der Waals surface area contributed by atoms with E-state index in [4.69, 9.17) is 15.7 Å². The van der Waals surface area contributed by atoms with E-state index < -0.39 is 0 Å². The highest BCUT2D eigenvalue weighted by Crippen LogP contribution is 2.32. The Morgan fingerprint density at radius 3 is 2.42 bits per heavy atom. The highest BCUT2D eigenvalue weighted by Gasteiger charge is 2.20. The van der Waals surface area contributed by atoms with E-state index in [1.165, 1.54) is 44.0 Å². The monoisotopic (exact) mass is 590 g/mol. The average Bonchev–Trinajstić information content (AvgIpc) is 3.69. The van der Waals surface area contributed by atoms with Crippen LogP contribution in [-0.2, 0) is 6.54 Å². The molecule has 0 spiro atoms. The van der Waals surface area contributed by atoms with Crippen molar-refractivity contribution in [1.29, 1.82) is 0 Å². The largest absolute Gasteiger partial charge is 0.383 e. The van der Waals surface area contributed by atoms with Crippen LogP contribution in [0.3, 0.4) is 0 Å². The van der Waals surface area contributed by atoms with E-state index in [0.717, 1.165) is 57.6 Å². The summed E-state index contributed by atoms with van der Waals surface area (Å²) >= 11 is 0.917. The predicted molar refractivity (Wildman–Crippen MR) is 173 cm³/mol. The van der Waals surface area contributed by atoms with Gasteiger partial charge in [-0.25, -0.2) is 15.0 Å². The number of pyridine rings is 2. The maximum absolute atomic E-state index is 9.97. The lowest BCUT2D eigenvalue weighted by atomic mass is 9.94. The van der Waals surface area contributed by atoms with Gasteiger partial charge in [0.1, 0.15) is 17.7 Å². The normalized spacial score (nSPS) is 13.6. The van der Waals surface area contributed by atoms with Crippen LogP contribution < -0.4 is 10.6 Å². The van der Waals surface area contributed by atoms with Gasteiger partial charge in [-0.05, 0) is 61.9 Å². The number of nitrogen functional groups attached to an aromatic ring is 1. The summed E-state index contributed by atoms with van der Waals surface area (Å²) in [4.78, 5) is 29.1. The second-order valence-electron chi connectivity index (χ2n) is 10.7. The fraction of sp³-hybridized carbons (Fsp3) is 0.242. The van der Waals surface area contributed by atoms with Crippen molar-refractivity contribution in [3.05, 3.63) is 107 Å². The molecule has 4 aromatic heterocycles. The van der Waals surface area contributed by atoms with Crippen LogP contribution in [0.4, 0.5) is 5.82 Å². The van der Waals surface area contributed by atoms with Gasteiger partial charge in [-0.15, -0.1) is 0 Å². The number of rotatable bonds is 6. The first kappa shape index (κ1) is 28.4. The molecular weight excluding hydrogens is 556 g/mol. The number of imidazole rings is 1. The summed E-state index contributed by atoms with van der Waals surface area (Å²) in [5, 5.41) is 0. The number of hydrogen-bond donors (Lipinski definition) is 2. The van der Waals surface area contributed by atoms with Crippen LogP contribution in [0.1, 0.15) is 37.7 Å². The van der Waals surface area contributed by atoms with Crippen LogP contribution in [0.25, 0.3) is 39.5 Å². The molecule has 1 fully saturated rings. The first-order valence-electron chi connectivity index (χ1n) is 14.5. The maximum Gasteiger partial charge on any atom is 0.323 e. The van der Waals surface area contributed by atoms with E-state index in [9.17, 15) is 4.79 Å². The summed E-state index contributed by atoms with van der Waals surface area (Å²) in [5.41, 5.74) is 13.0. The molecular formula is C33H34N8OS. The van der Waals surface area contributed by atoms with Crippen LogP contribution in [-0.4, -0.2) is 46.9 Å². The number of fused-ring (bicyclic) bond motifs is 1. The Morgan fingerprint density at radius 1 is 0.953 bits per heavy atom. The number of benzene rings is 2. The average molecular weight is 591 g/mol. The van der Waals surface area contributed by atoms with E-state index >= 15 is 0 Å². The molecule has 4 heterocycles. The van der Waals surface area contributed by atoms with E-state index in [1.807, 2.05) is 42.5 Å². The van der Waals surface area contributed by atoms with Gasteiger partial charge in [-0.2, -0.15) is 4.37 Å². The Labute approximate surface area is 254 Å². The number of anilines is 1. The van der Waals surface area contributed by atoms with Crippen molar-refractivity contribution in [3.63, 3.8) is 0 Å². The lowest BCUT2D eigenvalue weighted by molar-refractivity contribution is 0.184. The van der Waals surface area contributed by atoms with Gasteiger partial charge in [0.25, 0.3) is 0 Å². The molecule has 1 saturated carbocycles. The summed E-state index contributed by atoms with van der Waals surface area (Å²) in [6, 6.07) is 27.6. The summed E-state index contributed by atoms with van der Waals surface area (Å²) in [5.74, 6) is 1.19. The molecule has 6 aromatic rings. The zero-order chi connectivity index (χ0) is 29.6. The van der Waals surface area contributed by atoms with Crippen LogP contribution in [0.5, 0.6) is 0 Å². The molecule has 1 aliphatic rings. The quantitative estimate of drug-likeness (QED) is 0.233.